The summed E-state index contributed by atoms with van der Waals surface area (Å²) in [5, 5.41) is 2.67. The lowest BCUT2D eigenvalue weighted by atomic mass is 9.91. The van der Waals surface area contributed by atoms with E-state index < -0.39 is 28.9 Å². The maximum atomic E-state index is 13.8. The summed E-state index contributed by atoms with van der Waals surface area (Å²) in [7, 11) is 0. The quantitative estimate of drug-likeness (QED) is 0.142. The number of ether oxygens (including phenoxy) is 1. The molecule has 0 aliphatic carbocycles. The number of hydrogen-bond acceptors (Lipinski definition) is 5. The average molecular weight is 587 g/mol. The van der Waals surface area contributed by atoms with Crippen LogP contribution in [0, 0.1) is 0 Å². The number of aryl methyl sites for hydroxylation is 3. The van der Waals surface area contributed by atoms with E-state index in [9.17, 15) is 27.6 Å². The van der Waals surface area contributed by atoms with Gasteiger partial charge in [0.1, 0.15) is 16.9 Å². The number of halogens is 3. The fraction of sp³-hybridized carbons (Fsp3) is 0.469. The molecule has 10 heteroatoms. The molecule has 2 heterocycles. The molecule has 1 aliphatic rings. The van der Waals surface area contributed by atoms with Gasteiger partial charge >= 0.3 is 17.8 Å². The highest BCUT2D eigenvalue weighted by molar-refractivity contribution is 6.07. The third kappa shape index (κ3) is 6.17. The number of nitrogens with zero attached hydrogens (tertiary/aromatic N) is 1. The minimum absolute atomic E-state index is 0.0999. The second-order valence-electron chi connectivity index (χ2n) is 10.8. The SMILES string of the molecule is CCCc1cc2c(C(F)(F)F)cc(=O)oc2c(CCC)c1OCCCCN1C(=O)NC(C)(c2ccc(CC)cc2)C1=O. The Kier molecular flexibility index (Phi) is 9.33. The number of fused-ring (bicyclic) bond motifs is 1. The van der Waals surface area contributed by atoms with Crippen molar-refractivity contribution in [1.82, 2.24) is 10.2 Å². The van der Waals surface area contributed by atoms with Crippen LogP contribution >= 0.6 is 0 Å². The standard InChI is InChI=1S/C32H37F3N2O5/c1-5-10-21-18-24-25(32(33,34)35)19-26(38)42-28(24)23(11-6-2)27(21)41-17-9-8-16-37-29(39)31(4,36-30(37)40)22-14-12-20(7-3)13-15-22/h12-15,18-19H,5-11,16-17H2,1-4H3,(H,36,40). The zero-order valence-corrected chi connectivity index (χ0v) is 24.5. The van der Waals surface area contributed by atoms with Gasteiger partial charge in [-0.05, 0) is 61.8 Å². The minimum Gasteiger partial charge on any atom is -0.493 e. The van der Waals surface area contributed by atoms with Crippen molar-refractivity contribution in [3.63, 3.8) is 0 Å². The summed E-state index contributed by atoms with van der Waals surface area (Å²) in [5.41, 5.74) is -0.416. The molecule has 0 bridgehead atoms. The fourth-order valence-electron chi connectivity index (χ4n) is 5.47. The first-order valence-electron chi connectivity index (χ1n) is 14.5. The largest absolute Gasteiger partial charge is 0.493 e. The molecule has 4 rings (SSSR count). The molecule has 1 N–H and O–H groups in total. The van der Waals surface area contributed by atoms with Crippen LogP contribution in [-0.2, 0) is 35.8 Å². The second-order valence-corrected chi connectivity index (χ2v) is 10.8. The molecule has 226 valence electrons. The lowest BCUT2D eigenvalue weighted by molar-refractivity contribution is -0.136. The smallest absolute Gasteiger partial charge is 0.417 e. The van der Waals surface area contributed by atoms with Crippen molar-refractivity contribution in [2.45, 2.75) is 84.4 Å². The van der Waals surface area contributed by atoms with Gasteiger partial charge in [0.25, 0.3) is 5.91 Å². The van der Waals surface area contributed by atoms with Crippen LogP contribution < -0.4 is 15.7 Å². The van der Waals surface area contributed by atoms with Crippen LogP contribution in [0.15, 0.2) is 45.6 Å². The number of rotatable bonds is 12. The summed E-state index contributed by atoms with van der Waals surface area (Å²) >= 11 is 0. The number of imide groups is 1. The van der Waals surface area contributed by atoms with Gasteiger partial charge in [0.05, 0.1) is 12.2 Å². The van der Waals surface area contributed by atoms with Crippen molar-refractivity contribution >= 4 is 22.9 Å². The number of amides is 3. The summed E-state index contributed by atoms with van der Waals surface area (Å²) in [6, 6.07) is 9.07. The monoisotopic (exact) mass is 586 g/mol. The Balaban J connectivity index is 1.50. The summed E-state index contributed by atoms with van der Waals surface area (Å²) in [5.74, 6) is 0.116. The van der Waals surface area contributed by atoms with Gasteiger partial charge in [0.15, 0.2) is 0 Å². The molecular weight excluding hydrogens is 549 g/mol. The number of carbonyl (C=O) groups excluding carboxylic acids is 2. The van der Waals surface area contributed by atoms with Crippen molar-refractivity contribution < 1.29 is 31.9 Å². The first kappa shape index (κ1) is 31.1. The molecule has 0 spiro atoms. The predicted molar refractivity (Wildman–Crippen MR) is 154 cm³/mol. The van der Waals surface area contributed by atoms with Gasteiger partial charge in [-0.2, -0.15) is 13.2 Å². The average Bonchev–Trinajstić information content (AvgIpc) is 3.17. The Hall–Kier alpha value is -3.82. The van der Waals surface area contributed by atoms with E-state index in [0.717, 1.165) is 12.0 Å². The van der Waals surface area contributed by atoms with Gasteiger partial charge in [0.2, 0.25) is 0 Å². The van der Waals surface area contributed by atoms with E-state index in [-0.39, 0.29) is 30.0 Å². The van der Waals surface area contributed by atoms with Crippen molar-refractivity contribution in [3.8, 4) is 5.75 Å². The molecule has 7 nitrogen and oxygen atoms in total. The number of urea groups is 1. The minimum atomic E-state index is -4.71. The Labute approximate surface area is 243 Å². The van der Waals surface area contributed by atoms with Crippen LogP contribution in [-0.4, -0.2) is 30.0 Å². The number of hydrogen-bond donors (Lipinski definition) is 1. The van der Waals surface area contributed by atoms with Crippen LogP contribution in [0.4, 0.5) is 18.0 Å². The van der Waals surface area contributed by atoms with Crippen LogP contribution in [0.3, 0.4) is 0 Å². The van der Waals surface area contributed by atoms with E-state index in [1.54, 1.807) is 6.92 Å². The summed E-state index contributed by atoms with van der Waals surface area (Å²) < 4.78 is 52.9. The second kappa shape index (κ2) is 12.6. The van der Waals surface area contributed by atoms with Crippen molar-refractivity contribution in [2.24, 2.45) is 0 Å². The first-order valence-corrected chi connectivity index (χ1v) is 14.5. The lowest BCUT2D eigenvalue weighted by Crippen LogP contribution is -2.41. The lowest BCUT2D eigenvalue weighted by Gasteiger charge is -2.22. The van der Waals surface area contributed by atoms with Gasteiger partial charge in [-0.1, -0.05) is 57.9 Å². The van der Waals surface area contributed by atoms with Crippen LogP contribution in [0.25, 0.3) is 11.0 Å². The van der Waals surface area contributed by atoms with Gasteiger partial charge in [-0.25, -0.2) is 9.59 Å². The highest BCUT2D eigenvalue weighted by Gasteiger charge is 2.48. The fourth-order valence-corrected chi connectivity index (χ4v) is 5.47. The summed E-state index contributed by atoms with van der Waals surface area (Å²) in [6.45, 7) is 7.96. The normalized spacial score (nSPS) is 17.3. The maximum Gasteiger partial charge on any atom is 0.417 e. The van der Waals surface area contributed by atoms with E-state index in [4.69, 9.17) is 9.15 Å². The highest BCUT2D eigenvalue weighted by atomic mass is 19.4. The van der Waals surface area contributed by atoms with Crippen molar-refractivity contribution in [3.05, 3.63) is 74.6 Å². The van der Waals surface area contributed by atoms with E-state index in [1.807, 2.05) is 45.0 Å². The molecule has 1 aromatic heterocycles. The summed E-state index contributed by atoms with van der Waals surface area (Å²) in [6.07, 6.45) is -0.749. The van der Waals surface area contributed by atoms with Gasteiger partial charge in [-0.3, -0.25) is 9.69 Å². The van der Waals surface area contributed by atoms with Gasteiger partial charge in [0, 0.05) is 23.6 Å². The Morgan fingerprint density at radius 3 is 2.29 bits per heavy atom. The molecule has 1 aliphatic heterocycles. The van der Waals surface area contributed by atoms with Crippen LogP contribution in [0.2, 0.25) is 0 Å². The third-order valence-electron chi connectivity index (χ3n) is 7.72. The molecule has 1 fully saturated rings. The number of benzene rings is 2. The first-order chi connectivity index (χ1) is 19.9. The van der Waals surface area contributed by atoms with Gasteiger partial charge in [-0.15, -0.1) is 0 Å². The van der Waals surface area contributed by atoms with Gasteiger partial charge < -0.3 is 14.5 Å². The molecule has 1 atom stereocenters. The third-order valence-corrected chi connectivity index (χ3v) is 7.72. The van der Waals surface area contributed by atoms with E-state index in [1.165, 1.54) is 11.0 Å². The molecule has 1 saturated heterocycles. The highest BCUT2D eigenvalue weighted by Crippen LogP contribution is 2.40. The molecule has 2 aromatic carbocycles. The number of carbonyl (C=O) groups is 2. The number of nitrogens with one attached hydrogen (secondary N) is 1. The Bertz CT molecular complexity index is 1510. The predicted octanol–water partition coefficient (Wildman–Crippen LogP) is 6.91. The van der Waals surface area contributed by atoms with Crippen molar-refractivity contribution in [2.75, 3.05) is 13.2 Å². The van der Waals surface area contributed by atoms with Crippen molar-refractivity contribution in [1.29, 1.82) is 0 Å². The molecule has 0 saturated carbocycles. The molecule has 0 radical (unpaired) electrons. The van der Waals surface area contributed by atoms with E-state index in [2.05, 4.69) is 5.32 Å². The number of unbranched alkanes of at least 4 members (excludes halogenated alkanes) is 1. The molecule has 42 heavy (non-hydrogen) atoms. The molecule has 1 unspecified atom stereocenters. The molecule has 3 aromatic rings. The molecule has 3 amide bonds. The summed E-state index contributed by atoms with van der Waals surface area (Å²) in [4.78, 5) is 39.3. The zero-order chi connectivity index (χ0) is 30.7. The van der Waals surface area contributed by atoms with E-state index in [0.29, 0.717) is 67.0 Å². The zero-order valence-electron chi connectivity index (χ0n) is 24.5. The topological polar surface area (TPSA) is 88.8 Å². The molecular formula is C32H37F3N2O5. The Morgan fingerprint density at radius 1 is 0.976 bits per heavy atom. The van der Waals surface area contributed by atoms with Crippen LogP contribution in [0.5, 0.6) is 5.75 Å². The van der Waals surface area contributed by atoms with E-state index >= 15 is 0 Å². The number of alkyl halides is 3. The van der Waals surface area contributed by atoms with Crippen LogP contribution in [0.1, 0.15) is 81.2 Å². The Morgan fingerprint density at radius 2 is 1.67 bits per heavy atom. The maximum absolute atomic E-state index is 13.8.